The van der Waals surface area contributed by atoms with Gasteiger partial charge >= 0.3 is 0 Å². The van der Waals surface area contributed by atoms with Crippen molar-refractivity contribution in [3.63, 3.8) is 0 Å². The molecule has 0 saturated carbocycles. The van der Waals surface area contributed by atoms with Crippen LogP contribution in [-0.4, -0.2) is 10.8 Å². The molecule has 0 aliphatic heterocycles. The number of nitrogens with zero attached hydrogens (tertiary/aromatic N) is 1. The number of hydrogen-bond acceptors (Lipinski definition) is 2. The Labute approximate surface area is 86.5 Å². The highest BCUT2D eigenvalue weighted by Crippen LogP contribution is 2.19. The minimum Gasteiger partial charge on any atom is -0.299 e. The molecule has 1 rings (SSSR count). The minimum atomic E-state index is 0.247. The molecule has 0 radical (unpaired) electrons. The number of carbonyl (C=O) groups is 1. The first-order valence-corrected chi connectivity index (χ1v) is 5.06. The normalized spacial score (nSPS) is 10.1. The second-order valence-electron chi connectivity index (χ2n) is 2.93. The minimum absolute atomic E-state index is 0.247. The Morgan fingerprint density at radius 3 is 2.85 bits per heavy atom. The van der Waals surface area contributed by atoms with Gasteiger partial charge in [0.25, 0.3) is 0 Å². The van der Waals surface area contributed by atoms with E-state index in [1.165, 1.54) is 0 Å². The molecular formula is C10H12BrNO. The van der Waals surface area contributed by atoms with Crippen molar-refractivity contribution in [3.05, 3.63) is 28.0 Å². The van der Waals surface area contributed by atoms with E-state index >= 15 is 0 Å². The molecule has 0 amide bonds. The highest BCUT2D eigenvalue weighted by Gasteiger charge is 2.08. The van der Waals surface area contributed by atoms with Crippen LogP contribution in [0.2, 0.25) is 0 Å². The van der Waals surface area contributed by atoms with Gasteiger partial charge in [-0.2, -0.15) is 0 Å². The van der Waals surface area contributed by atoms with Crippen LogP contribution in [-0.2, 0) is 11.2 Å². The molecule has 0 bridgehead atoms. The summed E-state index contributed by atoms with van der Waals surface area (Å²) >= 11 is 3.41. The van der Waals surface area contributed by atoms with Gasteiger partial charge in [-0.15, -0.1) is 0 Å². The molecule has 0 N–H and O–H groups in total. The highest BCUT2D eigenvalue weighted by atomic mass is 79.9. The van der Waals surface area contributed by atoms with Crippen LogP contribution in [0.15, 0.2) is 16.7 Å². The van der Waals surface area contributed by atoms with Crippen LogP contribution in [0.4, 0.5) is 0 Å². The zero-order valence-electron chi connectivity index (χ0n) is 7.80. The number of carbonyl (C=O) groups excluding carboxylic acids is 1. The third-order valence-electron chi connectivity index (χ3n) is 1.98. The Bertz CT molecular complexity index is 302. The lowest BCUT2D eigenvalue weighted by molar-refractivity contribution is -0.118. The van der Waals surface area contributed by atoms with Crippen molar-refractivity contribution in [3.8, 4) is 0 Å². The second kappa shape index (κ2) is 4.51. The summed E-state index contributed by atoms with van der Waals surface area (Å²) in [5.41, 5.74) is 1.94. The summed E-state index contributed by atoms with van der Waals surface area (Å²) in [6, 6.07) is 1.87. The molecule has 0 saturated heterocycles. The Morgan fingerprint density at radius 1 is 1.62 bits per heavy atom. The molecule has 0 unspecified atom stereocenters. The van der Waals surface area contributed by atoms with E-state index in [0.29, 0.717) is 12.8 Å². The zero-order valence-corrected chi connectivity index (χ0v) is 9.39. The van der Waals surface area contributed by atoms with Crippen LogP contribution < -0.4 is 0 Å². The molecule has 1 aromatic rings. The predicted octanol–water partition coefficient (Wildman–Crippen LogP) is 2.67. The molecular weight excluding hydrogens is 230 g/mol. The van der Waals surface area contributed by atoms with Gasteiger partial charge in [-0.3, -0.25) is 9.78 Å². The molecule has 1 aromatic heterocycles. The topological polar surface area (TPSA) is 30.0 Å². The first-order valence-electron chi connectivity index (χ1n) is 4.26. The summed E-state index contributed by atoms with van der Waals surface area (Å²) in [7, 11) is 0. The van der Waals surface area contributed by atoms with Gasteiger partial charge in [0.05, 0.1) is 0 Å². The predicted molar refractivity (Wildman–Crippen MR) is 55.7 cm³/mol. The maximum absolute atomic E-state index is 11.2. The van der Waals surface area contributed by atoms with Crippen molar-refractivity contribution < 1.29 is 4.79 Å². The number of Topliss-reactive ketones (excluding diaryl/α,β-unsaturated/α-hetero) is 1. The SMILES string of the molecule is CCC(=O)Cc1c(Br)ccnc1C. The number of pyridine rings is 1. The van der Waals surface area contributed by atoms with Gasteiger partial charge < -0.3 is 0 Å². The Morgan fingerprint density at radius 2 is 2.31 bits per heavy atom. The van der Waals surface area contributed by atoms with Crippen molar-refractivity contribution in [1.82, 2.24) is 4.98 Å². The van der Waals surface area contributed by atoms with Gasteiger partial charge in [0.1, 0.15) is 5.78 Å². The Kier molecular flexibility index (Phi) is 3.60. The van der Waals surface area contributed by atoms with Crippen LogP contribution in [0.3, 0.4) is 0 Å². The van der Waals surface area contributed by atoms with Crippen molar-refractivity contribution in [2.45, 2.75) is 26.7 Å². The summed E-state index contributed by atoms with van der Waals surface area (Å²) in [5, 5.41) is 0. The van der Waals surface area contributed by atoms with E-state index in [1.54, 1.807) is 6.20 Å². The summed E-state index contributed by atoms with van der Waals surface area (Å²) < 4.78 is 0.974. The van der Waals surface area contributed by atoms with Gasteiger partial charge in [-0.1, -0.05) is 22.9 Å². The molecule has 0 aromatic carbocycles. The molecule has 0 aliphatic rings. The van der Waals surface area contributed by atoms with E-state index in [9.17, 15) is 4.79 Å². The molecule has 0 fully saturated rings. The number of aryl methyl sites for hydroxylation is 1. The van der Waals surface area contributed by atoms with E-state index in [4.69, 9.17) is 0 Å². The monoisotopic (exact) mass is 241 g/mol. The third kappa shape index (κ3) is 2.62. The number of hydrogen-bond donors (Lipinski definition) is 0. The fourth-order valence-electron chi connectivity index (χ4n) is 1.10. The fraction of sp³-hybridized carbons (Fsp3) is 0.400. The lowest BCUT2D eigenvalue weighted by atomic mass is 10.1. The van der Waals surface area contributed by atoms with Crippen LogP contribution in [0.5, 0.6) is 0 Å². The van der Waals surface area contributed by atoms with Gasteiger partial charge in [-0.05, 0) is 18.6 Å². The highest BCUT2D eigenvalue weighted by molar-refractivity contribution is 9.10. The van der Waals surface area contributed by atoms with E-state index in [2.05, 4.69) is 20.9 Å². The van der Waals surface area contributed by atoms with Gasteiger partial charge in [-0.25, -0.2) is 0 Å². The average molecular weight is 242 g/mol. The van der Waals surface area contributed by atoms with E-state index in [-0.39, 0.29) is 5.78 Å². The van der Waals surface area contributed by atoms with E-state index in [1.807, 2.05) is 19.9 Å². The number of halogens is 1. The lowest BCUT2D eigenvalue weighted by Gasteiger charge is -2.05. The van der Waals surface area contributed by atoms with Gasteiger partial charge in [0, 0.05) is 29.2 Å². The van der Waals surface area contributed by atoms with Crippen molar-refractivity contribution in [2.24, 2.45) is 0 Å². The second-order valence-corrected chi connectivity index (χ2v) is 3.78. The number of ketones is 1. The van der Waals surface area contributed by atoms with E-state index < -0.39 is 0 Å². The zero-order chi connectivity index (χ0) is 9.84. The number of aromatic nitrogens is 1. The van der Waals surface area contributed by atoms with Crippen molar-refractivity contribution in [2.75, 3.05) is 0 Å². The van der Waals surface area contributed by atoms with Crippen LogP contribution in [0.1, 0.15) is 24.6 Å². The largest absolute Gasteiger partial charge is 0.299 e. The molecule has 70 valence electrons. The summed E-state index contributed by atoms with van der Waals surface area (Å²) in [6.07, 6.45) is 2.80. The molecule has 3 heteroatoms. The van der Waals surface area contributed by atoms with Crippen molar-refractivity contribution in [1.29, 1.82) is 0 Å². The van der Waals surface area contributed by atoms with Gasteiger partial charge in [0.2, 0.25) is 0 Å². The fourth-order valence-corrected chi connectivity index (χ4v) is 1.65. The molecule has 0 atom stereocenters. The quantitative estimate of drug-likeness (QED) is 0.815. The lowest BCUT2D eigenvalue weighted by Crippen LogP contribution is -2.04. The summed E-state index contributed by atoms with van der Waals surface area (Å²) in [4.78, 5) is 15.4. The average Bonchev–Trinajstić information content (AvgIpc) is 2.11. The first-order chi connectivity index (χ1) is 6.15. The third-order valence-corrected chi connectivity index (χ3v) is 2.73. The Balaban J connectivity index is 2.93. The van der Waals surface area contributed by atoms with E-state index in [0.717, 1.165) is 15.7 Å². The molecule has 13 heavy (non-hydrogen) atoms. The molecule has 1 heterocycles. The van der Waals surface area contributed by atoms with Gasteiger partial charge in [0.15, 0.2) is 0 Å². The smallest absolute Gasteiger partial charge is 0.137 e. The molecule has 2 nitrogen and oxygen atoms in total. The maximum atomic E-state index is 11.2. The van der Waals surface area contributed by atoms with Crippen LogP contribution in [0.25, 0.3) is 0 Å². The summed E-state index contributed by atoms with van der Waals surface area (Å²) in [5.74, 6) is 0.247. The standard InChI is InChI=1S/C10H12BrNO/c1-3-8(13)6-9-7(2)12-5-4-10(9)11/h4-5H,3,6H2,1-2H3. The maximum Gasteiger partial charge on any atom is 0.137 e. The van der Waals surface area contributed by atoms with Crippen LogP contribution >= 0.6 is 15.9 Å². The molecule has 0 aliphatic carbocycles. The summed E-state index contributed by atoms with van der Waals surface area (Å²) in [6.45, 7) is 3.80. The van der Waals surface area contributed by atoms with Crippen molar-refractivity contribution >= 4 is 21.7 Å². The molecule has 0 spiro atoms. The Hall–Kier alpha value is -0.700. The van der Waals surface area contributed by atoms with Crippen LogP contribution in [0, 0.1) is 6.92 Å². The first kappa shape index (κ1) is 10.4. The number of rotatable bonds is 3.